The highest BCUT2D eigenvalue weighted by molar-refractivity contribution is 5.85. The molecule has 0 amide bonds. The molecule has 4 nitrogen and oxygen atoms in total. The van der Waals surface area contributed by atoms with Crippen LogP contribution in [0.3, 0.4) is 0 Å². The van der Waals surface area contributed by atoms with Gasteiger partial charge in [-0.3, -0.25) is 4.79 Å². The number of unbranched alkanes of at least 4 members (excludes halogenated alkanes) is 5. The third-order valence-corrected chi connectivity index (χ3v) is 10.0. The van der Waals surface area contributed by atoms with E-state index >= 15 is 0 Å². The Kier molecular flexibility index (Phi) is 6.54. The lowest BCUT2D eigenvalue weighted by Crippen LogP contribution is -2.62. The van der Waals surface area contributed by atoms with Gasteiger partial charge in [-0.2, -0.15) is 5.26 Å². The number of nitriles is 1. The molecule has 4 aliphatic rings. The second kappa shape index (κ2) is 8.79. The van der Waals surface area contributed by atoms with Crippen molar-refractivity contribution in [3.8, 4) is 6.07 Å². The molecule has 4 bridgehead atoms. The Morgan fingerprint density at radius 2 is 1.94 bits per heavy atom. The fourth-order valence-electron chi connectivity index (χ4n) is 8.78. The van der Waals surface area contributed by atoms with Gasteiger partial charge in [-0.05, 0) is 55.3 Å². The van der Waals surface area contributed by atoms with Crippen molar-refractivity contribution in [3.63, 3.8) is 0 Å². The zero-order valence-corrected chi connectivity index (χ0v) is 20.7. The molecule has 0 aromatic carbocycles. The average Bonchev–Trinajstić information content (AvgIpc) is 3.33. The molecule has 4 heteroatoms. The van der Waals surface area contributed by atoms with Crippen LogP contribution in [0.25, 0.3) is 0 Å². The first-order chi connectivity index (χ1) is 15.3. The molecule has 3 fully saturated rings. The molecule has 0 aliphatic heterocycles. The number of hydrogen-bond donors (Lipinski definition) is 1. The van der Waals surface area contributed by atoms with Crippen molar-refractivity contribution < 1.29 is 14.6 Å². The summed E-state index contributed by atoms with van der Waals surface area (Å²) < 4.78 is 6.35. The summed E-state index contributed by atoms with van der Waals surface area (Å²) in [7, 11) is 0. The molecular formula is C28H43NO3. The number of aliphatic carboxylic acids is 1. The number of carboxylic acids is 1. The van der Waals surface area contributed by atoms with E-state index in [-0.39, 0.29) is 17.8 Å². The summed E-state index contributed by atoms with van der Waals surface area (Å²) in [5.74, 6) is 0.745. The summed E-state index contributed by atoms with van der Waals surface area (Å²) in [6, 6.07) is 2.72. The summed E-state index contributed by atoms with van der Waals surface area (Å²) in [5.41, 5.74) is -1.31. The van der Waals surface area contributed by atoms with Gasteiger partial charge in [-0.1, -0.05) is 77.9 Å². The Morgan fingerprint density at radius 1 is 1.22 bits per heavy atom. The number of carbonyl (C=O) groups is 1. The second-order valence-corrected chi connectivity index (χ2v) is 11.7. The van der Waals surface area contributed by atoms with E-state index in [0.717, 1.165) is 31.3 Å². The van der Waals surface area contributed by atoms with Crippen LogP contribution in [-0.2, 0) is 9.53 Å². The fourth-order valence-corrected chi connectivity index (χ4v) is 8.78. The molecule has 4 rings (SSSR count). The molecule has 4 aliphatic carbocycles. The van der Waals surface area contributed by atoms with Crippen molar-refractivity contribution in [1.29, 1.82) is 5.26 Å². The standard InChI is InChI=1S/C28H43NO3/c1-5-6-7-8-9-10-13-32-18-27-16-22-20(4)11-12-23(22)26(17-29)15-21(27)14-24(19(2)3)28(26,27)25(30)31/h14,19-23H,5-13,15-16,18H2,1-4H3,(H,30,31)/t20?,21?,22?,23?,26-,27+,28-/m0/s1. The normalized spacial score (nSPS) is 41.6. The average molecular weight is 442 g/mol. The summed E-state index contributed by atoms with van der Waals surface area (Å²) in [6.07, 6.45) is 13.3. The Balaban J connectivity index is 1.63. The molecule has 4 unspecified atom stereocenters. The Bertz CT molecular complexity index is 797. The molecule has 0 heterocycles. The Morgan fingerprint density at radius 3 is 2.59 bits per heavy atom. The van der Waals surface area contributed by atoms with Crippen LogP contribution in [0.5, 0.6) is 0 Å². The highest BCUT2D eigenvalue weighted by Crippen LogP contribution is 2.83. The van der Waals surface area contributed by atoms with Gasteiger partial charge in [-0.25, -0.2) is 0 Å². The van der Waals surface area contributed by atoms with Gasteiger partial charge in [0.1, 0.15) is 5.41 Å². The van der Waals surface area contributed by atoms with Crippen LogP contribution < -0.4 is 0 Å². The van der Waals surface area contributed by atoms with Crippen molar-refractivity contribution in [2.45, 2.75) is 91.9 Å². The van der Waals surface area contributed by atoms with Gasteiger partial charge in [0, 0.05) is 12.0 Å². The number of nitrogens with zero attached hydrogens (tertiary/aromatic N) is 1. The van der Waals surface area contributed by atoms with E-state index in [1.807, 2.05) is 0 Å². The third kappa shape index (κ3) is 2.99. The van der Waals surface area contributed by atoms with Gasteiger partial charge >= 0.3 is 5.97 Å². The summed E-state index contributed by atoms with van der Waals surface area (Å²) in [6.45, 7) is 9.96. The smallest absolute Gasteiger partial charge is 0.316 e. The Hall–Kier alpha value is -1.34. The lowest BCUT2D eigenvalue weighted by molar-refractivity contribution is -0.179. The maximum absolute atomic E-state index is 13.3. The van der Waals surface area contributed by atoms with Crippen LogP contribution in [0, 0.1) is 57.2 Å². The molecule has 1 N–H and O–H groups in total. The number of fused-ring (bicyclic) bond motifs is 2. The summed E-state index contributed by atoms with van der Waals surface area (Å²) in [4.78, 5) is 13.3. The number of allylic oxidation sites excluding steroid dienone is 1. The predicted octanol–water partition coefficient (Wildman–Crippen LogP) is 6.61. The molecule has 0 radical (unpaired) electrons. The van der Waals surface area contributed by atoms with Gasteiger partial charge < -0.3 is 9.84 Å². The van der Waals surface area contributed by atoms with Crippen LogP contribution >= 0.6 is 0 Å². The van der Waals surface area contributed by atoms with Crippen molar-refractivity contribution in [3.05, 3.63) is 11.6 Å². The minimum Gasteiger partial charge on any atom is -0.481 e. The zero-order chi connectivity index (χ0) is 23.1. The van der Waals surface area contributed by atoms with Gasteiger partial charge in [0.15, 0.2) is 0 Å². The van der Waals surface area contributed by atoms with Gasteiger partial charge in [0.05, 0.1) is 18.1 Å². The number of rotatable bonds is 11. The highest BCUT2D eigenvalue weighted by Gasteiger charge is 2.84. The van der Waals surface area contributed by atoms with Crippen molar-refractivity contribution in [2.24, 2.45) is 45.8 Å². The molecule has 0 aromatic heterocycles. The van der Waals surface area contributed by atoms with Crippen LogP contribution in [-0.4, -0.2) is 24.3 Å². The van der Waals surface area contributed by atoms with E-state index in [1.165, 1.54) is 32.1 Å². The van der Waals surface area contributed by atoms with Crippen LogP contribution in [0.15, 0.2) is 11.6 Å². The first-order valence-electron chi connectivity index (χ1n) is 13.3. The molecule has 0 aromatic rings. The molecule has 3 saturated carbocycles. The summed E-state index contributed by atoms with van der Waals surface area (Å²) >= 11 is 0. The molecular weight excluding hydrogens is 398 g/mol. The van der Waals surface area contributed by atoms with E-state index in [9.17, 15) is 15.2 Å². The number of carboxylic acid groups (broad SMARTS) is 1. The van der Waals surface area contributed by atoms with E-state index in [4.69, 9.17) is 4.74 Å². The minimum atomic E-state index is -1.08. The first kappa shape index (κ1) is 23.8. The van der Waals surface area contributed by atoms with E-state index in [2.05, 4.69) is 39.8 Å². The van der Waals surface area contributed by atoms with Crippen LogP contribution in [0.2, 0.25) is 0 Å². The number of hydrogen-bond acceptors (Lipinski definition) is 3. The molecule has 0 saturated heterocycles. The van der Waals surface area contributed by atoms with Gasteiger partial charge in [0.25, 0.3) is 0 Å². The lowest BCUT2D eigenvalue weighted by Gasteiger charge is -2.57. The predicted molar refractivity (Wildman–Crippen MR) is 126 cm³/mol. The molecule has 7 atom stereocenters. The fraction of sp³-hybridized carbons (Fsp3) is 0.857. The van der Waals surface area contributed by atoms with Crippen LogP contribution in [0.4, 0.5) is 0 Å². The highest BCUT2D eigenvalue weighted by atomic mass is 16.5. The molecule has 0 spiro atoms. The monoisotopic (exact) mass is 441 g/mol. The van der Waals surface area contributed by atoms with E-state index < -0.39 is 22.2 Å². The van der Waals surface area contributed by atoms with E-state index in [1.54, 1.807) is 0 Å². The third-order valence-electron chi connectivity index (χ3n) is 10.0. The topological polar surface area (TPSA) is 70.3 Å². The summed E-state index contributed by atoms with van der Waals surface area (Å²) in [5, 5.41) is 21.6. The van der Waals surface area contributed by atoms with Gasteiger partial charge in [0.2, 0.25) is 0 Å². The molecule has 178 valence electrons. The SMILES string of the molecule is CCCCCCCCOC[C@]12CC3C(C)CCC3[C@@]3(C#N)CC1C=C(C(C)C)[C@@]23C(=O)O. The zero-order valence-electron chi connectivity index (χ0n) is 20.7. The number of ether oxygens (including phenoxy) is 1. The maximum Gasteiger partial charge on any atom is 0.316 e. The van der Waals surface area contributed by atoms with Crippen molar-refractivity contribution in [2.75, 3.05) is 13.2 Å². The van der Waals surface area contributed by atoms with E-state index in [0.29, 0.717) is 31.5 Å². The quantitative estimate of drug-likeness (QED) is 0.289. The first-order valence-corrected chi connectivity index (χ1v) is 13.3. The lowest BCUT2D eigenvalue weighted by atomic mass is 9.43. The maximum atomic E-state index is 13.3. The second-order valence-electron chi connectivity index (χ2n) is 11.7. The van der Waals surface area contributed by atoms with Crippen molar-refractivity contribution in [1.82, 2.24) is 0 Å². The van der Waals surface area contributed by atoms with Crippen LogP contribution in [0.1, 0.15) is 91.9 Å². The molecule has 32 heavy (non-hydrogen) atoms. The minimum absolute atomic E-state index is 0.137. The Labute approximate surface area is 194 Å². The van der Waals surface area contributed by atoms with Crippen molar-refractivity contribution >= 4 is 5.97 Å². The largest absolute Gasteiger partial charge is 0.481 e. The van der Waals surface area contributed by atoms with Gasteiger partial charge in [-0.15, -0.1) is 0 Å².